The minimum atomic E-state index is -1.01. The second-order valence-electron chi connectivity index (χ2n) is 6.57. The molecule has 0 radical (unpaired) electrons. The van der Waals surface area contributed by atoms with Gasteiger partial charge in [-0.25, -0.2) is 9.37 Å². The third kappa shape index (κ3) is 3.59. The summed E-state index contributed by atoms with van der Waals surface area (Å²) in [5.41, 5.74) is 3.31. The van der Waals surface area contributed by atoms with Gasteiger partial charge >= 0.3 is 0 Å². The zero-order chi connectivity index (χ0) is 17.9. The largest absolute Gasteiger partial charge is 0.366 e. The molecule has 2 unspecified atom stereocenters. The van der Waals surface area contributed by atoms with Gasteiger partial charge in [0, 0.05) is 19.6 Å². The van der Waals surface area contributed by atoms with Gasteiger partial charge in [-0.3, -0.25) is 4.90 Å². The van der Waals surface area contributed by atoms with Crippen molar-refractivity contribution in [2.45, 2.75) is 25.4 Å². The molecular weight excluding hydrogens is 331 g/mol. The Morgan fingerprint density at radius 3 is 2.88 bits per heavy atom. The zero-order valence-electron chi connectivity index (χ0n) is 14.2. The molecule has 0 saturated carbocycles. The number of aromatic nitrogens is 2. The van der Waals surface area contributed by atoms with Crippen molar-refractivity contribution in [2.75, 3.05) is 13.1 Å². The van der Waals surface area contributed by atoms with Crippen molar-refractivity contribution in [1.29, 1.82) is 5.26 Å². The standard InChI is InChI=1S/C20H19FN4O/c21-16-11-25(10-14-4-2-1-3-5-14)12-19(16)26-13-20-23-17-7-6-15(9-22)8-18(17)24-20/h1-8,16,19H,10-13H2,(H,23,24). The number of rotatable bonds is 5. The zero-order valence-corrected chi connectivity index (χ0v) is 14.2. The molecule has 0 amide bonds. The summed E-state index contributed by atoms with van der Waals surface area (Å²) in [5, 5.41) is 8.96. The molecular formula is C20H19FN4O. The van der Waals surface area contributed by atoms with Gasteiger partial charge in [-0.2, -0.15) is 5.26 Å². The van der Waals surface area contributed by atoms with Crippen LogP contribution < -0.4 is 0 Å². The summed E-state index contributed by atoms with van der Waals surface area (Å²) in [6, 6.07) is 17.4. The molecule has 26 heavy (non-hydrogen) atoms. The molecule has 1 aromatic heterocycles. The van der Waals surface area contributed by atoms with Crippen molar-refractivity contribution in [3.05, 3.63) is 65.5 Å². The van der Waals surface area contributed by atoms with Crippen LogP contribution in [0.25, 0.3) is 11.0 Å². The number of aromatic amines is 1. The molecule has 6 heteroatoms. The minimum Gasteiger partial charge on any atom is -0.366 e. The fourth-order valence-electron chi connectivity index (χ4n) is 3.32. The van der Waals surface area contributed by atoms with E-state index in [0.717, 1.165) is 17.6 Å². The van der Waals surface area contributed by atoms with Crippen molar-refractivity contribution in [3.63, 3.8) is 0 Å². The summed E-state index contributed by atoms with van der Waals surface area (Å²) < 4.78 is 20.1. The molecule has 0 aliphatic carbocycles. The summed E-state index contributed by atoms with van der Waals surface area (Å²) in [6.07, 6.45) is -1.46. The Hall–Kier alpha value is -2.75. The highest BCUT2D eigenvalue weighted by Gasteiger charge is 2.33. The first-order chi connectivity index (χ1) is 12.7. The fourth-order valence-corrected chi connectivity index (χ4v) is 3.32. The quantitative estimate of drug-likeness (QED) is 0.768. The Morgan fingerprint density at radius 1 is 1.23 bits per heavy atom. The molecule has 2 aromatic carbocycles. The molecule has 5 nitrogen and oxygen atoms in total. The third-order valence-corrected chi connectivity index (χ3v) is 4.62. The molecule has 2 atom stereocenters. The van der Waals surface area contributed by atoms with Crippen LogP contribution >= 0.6 is 0 Å². The van der Waals surface area contributed by atoms with Crippen LogP contribution in [0.4, 0.5) is 4.39 Å². The number of likely N-dealkylation sites (tertiary alicyclic amines) is 1. The first-order valence-corrected chi connectivity index (χ1v) is 8.62. The van der Waals surface area contributed by atoms with Gasteiger partial charge in [0.25, 0.3) is 0 Å². The predicted octanol–water partition coefficient (Wildman–Crippen LogP) is 3.17. The van der Waals surface area contributed by atoms with E-state index in [1.54, 1.807) is 18.2 Å². The lowest BCUT2D eigenvalue weighted by molar-refractivity contribution is 0.00864. The molecule has 0 spiro atoms. The van der Waals surface area contributed by atoms with Crippen molar-refractivity contribution >= 4 is 11.0 Å². The smallest absolute Gasteiger partial charge is 0.140 e. The van der Waals surface area contributed by atoms with E-state index in [4.69, 9.17) is 10.00 Å². The topological polar surface area (TPSA) is 64.9 Å². The maximum atomic E-state index is 14.3. The van der Waals surface area contributed by atoms with E-state index in [9.17, 15) is 4.39 Å². The molecule has 2 heterocycles. The number of ether oxygens (including phenoxy) is 1. The molecule has 1 aliphatic rings. The second-order valence-corrected chi connectivity index (χ2v) is 6.57. The third-order valence-electron chi connectivity index (χ3n) is 4.62. The summed E-state index contributed by atoms with van der Waals surface area (Å²) >= 11 is 0. The van der Waals surface area contributed by atoms with Crippen molar-refractivity contribution in [1.82, 2.24) is 14.9 Å². The normalized spacial score (nSPS) is 20.5. The number of imidazole rings is 1. The molecule has 3 aromatic rings. The van der Waals surface area contributed by atoms with E-state index in [2.05, 4.69) is 20.9 Å². The van der Waals surface area contributed by atoms with E-state index >= 15 is 0 Å². The molecule has 4 rings (SSSR count). The lowest BCUT2D eigenvalue weighted by Crippen LogP contribution is -2.24. The molecule has 0 bridgehead atoms. The molecule has 1 fully saturated rings. The molecule has 1 saturated heterocycles. The van der Waals surface area contributed by atoms with Crippen LogP contribution in [0.15, 0.2) is 48.5 Å². The van der Waals surface area contributed by atoms with Gasteiger partial charge in [-0.1, -0.05) is 30.3 Å². The van der Waals surface area contributed by atoms with Gasteiger partial charge in [0.15, 0.2) is 0 Å². The van der Waals surface area contributed by atoms with E-state index in [1.165, 1.54) is 5.56 Å². The van der Waals surface area contributed by atoms with Crippen LogP contribution in [0.5, 0.6) is 0 Å². The van der Waals surface area contributed by atoms with Gasteiger partial charge in [0.05, 0.1) is 22.7 Å². The van der Waals surface area contributed by atoms with E-state index in [1.807, 2.05) is 30.3 Å². The van der Waals surface area contributed by atoms with Gasteiger partial charge < -0.3 is 9.72 Å². The van der Waals surface area contributed by atoms with Crippen LogP contribution in [0.3, 0.4) is 0 Å². The Morgan fingerprint density at radius 2 is 2.08 bits per heavy atom. The van der Waals surface area contributed by atoms with E-state index in [-0.39, 0.29) is 6.61 Å². The molecule has 1 N–H and O–H groups in total. The van der Waals surface area contributed by atoms with Crippen LogP contribution in [0.1, 0.15) is 17.0 Å². The summed E-state index contributed by atoms with van der Waals surface area (Å²) in [4.78, 5) is 9.64. The highest BCUT2D eigenvalue weighted by molar-refractivity contribution is 5.76. The number of nitriles is 1. The first-order valence-electron chi connectivity index (χ1n) is 8.62. The number of hydrogen-bond acceptors (Lipinski definition) is 4. The molecule has 132 valence electrons. The minimum absolute atomic E-state index is 0.223. The van der Waals surface area contributed by atoms with Crippen LogP contribution in [0, 0.1) is 11.3 Å². The van der Waals surface area contributed by atoms with E-state index < -0.39 is 12.3 Å². The molecule has 1 aliphatic heterocycles. The average Bonchev–Trinajstić information content (AvgIpc) is 3.22. The van der Waals surface area contributed by atoms with Crippen molar-refractivity contribution in [3.8, 4) is 6.07 Å². The maximum Gasteiger partial charge on any atom is 0.140 e. The Bertz CT molecular complexity index is 934. The highest BCUT2D eigenvalue weighted by atomic mass is 19.1. The van der Waals surface area contributed by atoms with Gasteiger partial charge in [-0.15, -0.1) is 0 Å². The fraction of sp³-hybridized carbons (Fsp3) is 0.300. The summed E-state index contributed by atoms with van der Waals surface area (Å²) in [6.45, 7) is 1.89. The second kappa shape index (κ2) is 7.24. The van der Waals surface area contributed by atoms with Crippen LogP contribution in [0.2, 0.25) is 0 Å². The number of alkyl halides is 1. The van der Waals surface area contributed by atoms with Crippen molar-refractivity contribution in [2.24, 2.45) is 0 Å². The highest BCUT2D eigenvalue weighted by Crippen LogP contribution is 2.21. The van der Waals surface area contributed by atoms with Gasteiger partial charge in [0.1, 0.15) is 24.7 Å². The summed E-state index contributed by atoms with van der Waals surface area (Å²) in [7, 11) is 0. The van der Waals surface area contributed by atoms with Crippen LogP contribution in [-0.4, -0.2) is 40.2 Å². The Kier molecular flexibility index (Phi) is 4.65. The first kappa shape index (κ1) is 16.7. The van der Waals surface area contributed by atoms with Crippen molar-refractivity contribution < 1.29 is 9.13 Å². The predicted molar refractivity (Wildman–Crippen MR) is 96.0 cm³/mol. The number of halogens is 1. The summed E-state index contributed by atoms with van der Waals surface area (Å²) in [5.74, 6) is 0.642. The van der Waals surface area contributed by atoms with Gasteiger partial charge in [-0.05, 0) is 23.8 Å². The number of nitrogens with zero attached hydrogens (tertiary/aromatic N) is 3. The SMILES string of the molecule is N#Cc1ccc2nc(COC3CN(Cc4ccccc4)CC3F)[nH]c2c1. The monoisotopic (exact) mass is 350 g/mol. The number of benzene rings is 2. The number of H-pyrrole nitrogens is 1. The Balaban J connectivity index is 1.36. The van der Waals surface area contributed by atoms with Gasteiger partial charge in [0.2, 0.25) is 0 Å². The average molecular weight is 350 g/mol. The Labute approximate surface area is 151 Å². The number of fused-ring (bicyclic) bond motifs is 1. The lowest BCUT2D eigenvalue weighted by Gasteiger charge is -2.15. The maximum absolute atomic E-state index is 14.3. The van der Waals surface area contributed by atoms with Crippen LogP contribution in [-0.2, 0) is 17.9 Å². The number of hydrogen-bond donors (Lipinski definition) is 1. The van der Waals surface area contributed by atoms with E-state index in [0.29, 0.717) is 24.5 Å². The lowest BCUT2D eigenvalue weighted by atomic mass is 10.2. The number of nitrogens with one attached hydrogen (secondary N) is 1.